The zero-order chi connectivity index (χ0) is 11.3. The molecule has 0 bridgehead atoms. The Labute approximate surface area is 100 Å². The van der Waals surface area contributed by atoms with Crippen LogP contribution in [-0.4, -0.2) is 9.66 Å². The zero-order valence-corrected chi connectivity index (χ0v) is 10.1. The SMILES string of the molecule is Nn1c(C2CC2)nc2cccc(Br)c2c1=O. The monoisotopic (exact) mass is 279 g/mol. The van der Waals surface area contributed by atoms with Gasteiger partial charge in [0.2, 0.25) is 0 Å². The van der Waals surface area contributed by atoms with Crippen LogP contribution in [-0.2, 0) is 0 Å². The van der Waals surface area contributed by atoms with Crippen LogP contribution in [0.15, 0.2) is 27.5 Å². The molecule has 0 aliphatic heterocycles. The van der Waals surface area contributed by atoms with E-state index in [1.807, 2.05) is 18.2 Å². The number of hydrogen-bond acceptors (Lipinski definition) is 3. The van der Waals surface area contributed by atoms with E-state index in [9.17, 15) is 4.79 Å². The summed E-state index contributed by atoms with van der Waals surface area (Å²) in [6, 6.07) is 5.53. The lowest BCUT2D eigenvalue weighted by atomic mass is 10.2. The summed E-state index contributed by atoms with van der Waals surface area (Å²) < 4.78 is 1.93. The van der Waals surface area contributed by atoms with Crippen LogP contribution in [0.4, 0.5) is 0 Å². The van der Waals surface area contributed by atoms with Crippen LogP contribution in [0, 0.1) is 0 Å². The van der Waals surface area contributed by atoms with Crippen molar-refractivity contribution in [2.24, 2.45) is 0 Å². The summed E-state index contributed by atoms with van der Waals surface area (Å²) in [5.74, 6) is 6.85. The van der Waals surface area contributed by atoms with E-state index in [2.05, 4.69) is 20.9 Å². The Balaban J connectivity index is 2.43. The highest BCUT2D eigenvalue weighted by atomic mass is 79.9. The third-order valence-corrected chi connectivity index (χ3v) is 3.51. The molecule has 1 aromatic heterocycles. The molecule has 16 heavy (non-hydrogen) atoms. The van der Waals surface area contributed by atoms with Gasteiger partial charge in [0, 0.05) is 10.4 Å². The smallest absolute Gasteiger partial charge is 0.280 e. The second-order valence-electron chi connectivity index (χ2n) is 4.05. The standard InChI is InChI=1S/C11H10BrN3O/c12-7-2-1-3-8-9(7)11(16)15(13)10(14-8)6-4-5-6/h1-3,6H,4-5,13H2. The molecule has 0 radical (unpaired) electrons. The second-order valence-corrected chi connectivity index (χ2v) is 4.91. The highest BCUT2D eigenvalue weighted by Gasteiger charge is 2.29. The summed E-state index contributed by atoms with van der Waals surface area (Å²) in [6.45, 7) is 0. The molecule has 0 spiro atoms. The quantitative estimate of drug-likeness (QED) is 0.809. The minimum absolute atomic E-state index is 0.181. The first-order chi connectivity index (χ1) is 7.68. The third kappa shape index (κ3) is 1.35. The first-order valence-corrected chi connectivity index (χ1v) is 5.94. The lowest BCUT2D eigenvalue weighted by Crippen LogP contribution is -2.31. The third-order valence-electron chi connectivity index (χ3n) is 2.85. The highest BCUT2D eigenvalue weighted by molar-refractivity contribution is 9.10. The molecule has 4 nitrogen and oxygen atoms in total. The fraction of sp³-hybridized carbons (Fsp3) is 0.273. The maximum Gasteiger partial charge on any atom is 0.280 e. The highest BCUT2D eigenvalue weighted by Crippen LogP contribution is 2.38. The van der Waals surface area contributed by atoms with Crippen LogP contribution in [0.5, 0.6) is 0 Å². The number of benzene rings is 1. The zero-order valence-electron chi connectivity index (χ0n) is 8.48. The van der Waals surface area contributed by atoms with Gasteiger partial charge in [0.1, 0.15) is 5.82 Å². The predicted octanol–water partition coefficient (Wildman–Crippen LogP) is 1.75. The largest absolute Gasteiger partial charge is 0.335 e. The molecule has 3 rings (SSSR count). The molecule has 1 aromatic carbocycles. The van der Waals surface area contributed by atoms with E-state index in [4.69, 9.17) is 5.84 Å². The summed E-state index contributed by atoms with van der Waals surface area (Å²) in [5.41, 5.74) is 0.530. The van der Waals surface area contributed by atoms with Gasteiger partial charge in [-0.05, 0) is 40.9 Å². The van der Waals surface area contributed by atoms with E-state index in [-0.39, 0.29) is 5.56 Å². The maximum atomic E-state index is 12.1. The Bertz CT molecular complexity index is 631. The normalized spacial score (nSPS) is 15.6. The Hall–Kier alpha value is -1.36. The summed E-state index contributed by atoms with van der Waals surface area (Å²) in [6.07, 6.45) is 2.15. The predicted molar refractivity (Wildman–Crippen MR) is 65.8 cm³/mol. The number of rotatable bonds is 1. The molecule has 1 saturated carbocycles. The minimum Gasteiger partial charge on any atom is -0.335 e. The summed E-state index contributed by atoms with van der Waals surface area (Å²) >= 11 is 3.35. The first-order valence-electron chi connectivity index (χ1n) is 5.14. The van der Waals surface area contributed by atoms with Crippen LogP contribution in [0.3, 0.4) is 0 Å². The maximum absolute atomic E-state index is 12.1. The number of nitrogens with zero attached hydrogens (tertiary/aromatic N) is 2. The minimum atomic E-state index is -0.181. The number of fused-ring (bicyclic) bond motifs is 1. The molecule has 0 saturated heterocycles. The van der Waals surface area contributed by atoms with Crippen molar-refractivity contribution < 1.29 is 0 Å². The van der Waals surface area contributed by atoms with Crippen molar-refractivity contribution in [2.75, 3.05) is 5.84 Å². The van der Waals surface area contributed by atoms with E-state index in [0.717, 1.165) is 17.3 Å². The van der Waals surface area contributed by atoms with Gasteiger partial charge in [0.25, 0.3) is 5.56 Å². The van der Waals surface area contributed by atoms with Gasteiger partial charge in [-0.15, -0.1) is 0 Å². The lowest BCUT2D eigenvalue weighted by molar-refractivity contribution is 0.791. The van der Waals surface area contributed by atoms with Crippen molar-refractivity contribution in [3.05, 3.63) is 38.9 Å². The molecule has 0 unspecified atom stereocenters. The van der Waals surface area contributed by atoms with Gasteiger partial charge in [0.05, 0.1) is 10.9 Å². The molecule has 2 aromatic rings. The van der Waals surface area contributed by atoms with Crippen LogP contribution in [0.2, 0.25) is 0 Å². The number of aromatic nitrogens is 2. The Morgan fingerprint density at radius 3 is 2.88 bits per heavy atom. The van der Waals surface area contributed by atoms with Gasteiger partial charge in [0.15, 0.2) is 0 Å². The summed E-state index contributed by atoms with van der Waals surface area (Å²) in [7, 11) is 0. The van der Waals surface area contributed by atoms with Crippen molar-refractivity contribution >= 4 is 26.8 Å². The van der Waals surface area contributed by atoms with E-state index in [1.165, 1.54) is 4.68 Å². The number of nitrogens with two attached hydrogens (primary N) is 1. The fourth-order valence-electron chi connectivity index (χ4n) is 1.85. The summed E-state index contributed by atoms with van der Waals surface area (Å²) in [5, 5.41) is 0.550. The molecule has 0 amide bonds. The first kappa shape index (κ1) is 9.84. The Morgan fingerprint density at radius 2 is 2.19 bits per heavy atom. The molecular weight excluding hydrogens is 270 g/mol. The topological polar surface area (TPSA) is 60.9 Å². The fourth-order valence-corrected chi connectivity index (χ4v) is 2.37. The van der Waals surface area contributed by atoms with Crippen molar-refractivity contribution in [1.82, 2.24) is 9.66 Å². The van der Waals surface area contributed by atoms with Gasteiger partial charge in [-0.3, -0.25) is 4.79 Å². The van der Waals surface area contributed by atoms with E-state index in [1.54, 1.807) is 0 Å². The molecule has 82 valence electrons. The van der Waals surface area contributed by atoms with Crippen LogP contribution >= 0.6 is 15.9 Å². The van der Waals surface area contributed by atoms with Crippen molar-refractivity contribution in [1.29, 1.82) is 0 Å². The van der Waals surface area contributed by atoms with E-state index >= 15 is 0 Å². The molecule has 1 fully saturated rings. The van der Waals surface area contributed by atoms with Gasteiger partial charge in [-0.25, -0.2) is 9.66 Å². The molecular formula is C11H10BrN3O. The Morgan fingerprint density at radius 1 is 1.44 bits per heavy atom. The molecule has 1 heterocycles. The van der Waals surface area contributed by atoms with Gasteiger partial charge >= 0.3 is 0 Å². The average Bonchev–Trinajstić information content (AvgIpc) is 3.07. The van der Waals surface area contributed by atoms with Crippen LogP contribution < -0.4 is 11.4 Å². The number of hydrogen-bond donors (Lipinski definition) is 1. The Kier molecular flexibility index (Phi) is 2.04. The molecule has 1 aliphatic rings. The van der Waals surface area contributed by atoms with Crippen molar-refractivity contribution in [3.8, 4) is 0 Å². The van der Waals surface area contributed by atoms with Gasteiger partial charge < -0.3 is 5.84 Å². The van der Waals surface area contributed by atoms with Crippen LogP contribution in [0.25, 0.3) is 10.9 Å². The van der Waals surface area contributed by atoms with Crippen molar-refractivity contribution in [2.45, 2.75) is 18.8 Å². The molecule has 1 aliphatic carbocycles. The number of halogens is 1. The van der Waals surface area contributed by atoms with Gasteiger partial charge in [-0.1, -0.05) is 6.07 Å². The summed E-state index contributed by atoms with van der Waals surface area (Å²) in [4.78, 5) is 16.5. The van der Waals surface area contributed by atoms with Gasteiger partial charge in [-0.2, -0.15) is 0 Å². The molecule has 2 N–H and O–H groups in total. The second kappa shape index (κ2) is 3.31. The molecule has 5 heteroatoms. The number of nitrogen functional groups attached to an aromatic ring is 1. The van der Waals surface area contributed by atoms with E-state index in [0.29, 0.717) is 22.6 Å². The van der Waals surface area contributed by atoms with Crippen molar-refractivity contribution in [3.63, 3.8) is 0 Å². The molecule has 0 atom stereocenters. The van der Waals surface area contributed by atoms with E-state index < -0.39 is 0 Å². The lowest BCUT2D eigenvalue weighted by Gasteiger charge is -2.08. The van der Waals surface area contributed by atoms with Crippen LogP contribution in [0.1, 0.15) is 24.6 Å². The average molecular weight is 280 g/mol.